The molecule has 1 aliphatic heterocycles. The van der Waals surface area contributed by atoms with Crippen molar-refractivity contribution in [2.24, 2.45) is 0 Å². The number of rotatable bonds is 5. The Morgan fingerprint density at radius 1 is 1.08 bits per heavy atom. The first kappa shape index (κ1) is 17.1. The van der Waals surface area contributed by atoms with Crippen LogP contribution in [0, 0.1) is 6.92 Å². The number of nitrogens with one attached hydrogen (secondary N) is 2. The summed E-state index contributed by atoms with van der Waals surface area (Å²) in [4.78, 5) is 12.1. The van der Waals surface area contributed by atoms with E-state index in [1.54, 1.807) is 0 Å². The van der Waals surface area contributed by atoms with Crippen LogP contribution in [-0.4, -0.2) is 19.4 Å². The maximum atomic E-state index is 12.1. The van der Waals surface area contributed by atoms with Crippen molar-refractivity contribution in [3.05, 3.63) is 59.2 Å². The molecule has 0 radical (unpaired) electrons. The van der Waals surface area contributed by atoms with Gasteiger partial charge < -0.3 is 20.1 Å². The van der Waals surface area contributed by atoms with E-state index in [0.29, 0.717) is 13.1 Å². The number of carbonyl (C=O) groups excluding carboxylic acids is 1. The highest BCUT2D eigenvalue weighted by Gasteiger charge is 2.23. The SMILES string of the molecule is Cc1ccccc1C(C)(C)CNC(=O)NCc1ccc2c(c1)OCO2. The zero-order valence-corrected chi connectivity index (χ0v) is 14.9. The maximum absolute atomic E-state index is 12.1. The Labute approximate surface area is 148 Å². The normalized spacial score (nSPS) is 12.8. The van der Waals surface area contributed by atoms with Gasteiger partial charge in [-0.15, -0.1) is 0 Å². The van der Waals surface area contributed by atoms with E-state index in [-0.39, 0.29) is 18.2 Å². The van der Waals surface area contributed by atoms with E-state index in [9.17, 15) is 4.79 Å². The van der Waals surface area contributed by atoms with Gasteiger partial charge in [-0.25, -0.2) is 4.79 Å². The van der Waals surface area contributed by atoms with E-state index < -0.39 is 0 Å². The molecule has 25 heavy (non-hydrogen) atoms. The first-order valence-corrected chi connectivity index (χ1v) is 8.42. The second-order valence-electron chi connectivity index (χ2n) is 6.92. The highest BCUT2D eigenvalue weighted by Crippen LogP contribution is 2.32. The zero-order valence-electron chi connectivity index (χ0n) is 14.9. The van der Waals surface area contributed by atoms with Crippen molar-refractivity contribution in [3.8, 4) is 11.5 Å². The van der Waals surface area contributed by atoms with E-state index in [2.05, 4.69) is 43.5 Å². The van der Waals surface area contributed by atoms with Crippen LogP contribution >= 0.6 is 0 Å². The van der Waals surface area contributed by atoms with Gasteiger partial charge in [-0.05, 0) is 35.7 Å². The average Bonchev–Trinajstić information content (AvgIpc) is 3.06. The van der Waals surface area contributed by atoms with Gasteiger partial charge >= 0.3 is 6.03 Å². The minimum atomic E-state index is -0.181. The quantitative estimate of drug-likeness (QED) is 0.876. The van der Waals surface area contributed by atoms with Crippen LogP contribution in [0.25, 0.3) is 0 Å². The zero-order chi connectivity index (χ0) is 17.9. The summed E-state index contributed by atoms with van der Waals surface area (Å²) in [5.41, 5.74) is 3.31. The Bertz CT molecular complexity index is 771. The number of carbonyl (C=O) groups is 1. The van der Waals surface area contributed by atoms with Crippen molar-refractivity contribution >= 4 is 6.03 Å². The maximum Gasteiger partial charge on any atom is 0.315 e. The van der Waals surface area contributed by atoms with Crippen LogP contribution in [0.3, 0.4) is 0 Å². The topological polar surface area (TPSA) is 59.6 Å². The van der Waals surface area contributed by atoms with Gasteiger partial charge in [-0.1, -0.05) is 44.2 Å². The van der Waals surface area contributed by atoms with Crippen LogP contribution in [0.5, 0.6) is 11.5 Å². The molecule has 0 spiro atoms. The number of hydrogen-bond acceptors (Lipinski definition) is 3. The molecule has 2 aromatic rings. The minimum absolute atomic E-state index is 0.137. The van der Waals surface area contributed by atoms with Crippen LogP contribution < -0.4 is 20.1 Å². The van der Waals surface area contributed by atoms with Gasteiger partial charge in [0.15, 0.2) is 11.5 Å². The lowest BCUT2D eigenvalue weighted by Gasteiger charge is -2.27. The molecule has 0 fully saturated rings. The number of aryl methyl sites for hydroxylation is 1. The van der Waals surface area contributed by atoms with E-state index in [1.807, 2.05) is 30.3 Å². The molecule has 0 saturated heterocycles. The Morgan fingerprint density at radius 2 is 1.84 bits per heavy atom. The van der Waals surface area contributed by atoms with Crippen molar-refractivity contribution in [1.29, 1.82) is 0 Å². The molecular formula is C20H24N2O3. The van der Waals surface area contributed by atoms with E-state index in [4.69, 9.17) is 9.47 Å². The van der Waals surface area contributed by atoms with Crippen LogP contribution in [0.2, 0.25) is 0 Å². The number of amides is 2. The number of benzene rings is 2. The molecule has 0 aliphatic carbocycles. The predicted octanol–water partition coefficient (Wildman–Crippen LogP) is 3.50. The summed E-state index contributed by atoms with van der Waals surface area (Å²) in [5.74, 6) is 1.47. The molecule has 5 nitrogen and oxygen atoms in total. The molecule has 3 rings (SSSR count). The third kappa shape index (κ3) is 4.05. The number of ether oxygens (including phenoxy) is 2. The predicted molar refractivity (Wildman–Crippen MR) is 97.0 cm³/mol. The monoisotopic (exact) mass is 340 g/mol. The van der Waals surface area contributed by atoms with Gasteiger partial charge in [0, 0.05) is 18.5 Å². The molecule has 2 amide bonds. The second-order valence-corrected chi connectivity index (χ2v) is 6.92. The molecule has 1 heterocycles. The molecule has 0 saturated carbocycles. The van der Waals surface area contributed by atoms with E-state index in [1.165, 1.54) is 11.1 Å². The van der Waals surface area contributed by atoms with Crippen LogP contribution in [-0.2, 0) is 12.0 Å². The summed E-state index contributed by atoms with van der Waals surface area (Å²) in [5, 5.41) is 5.85. The van der Waals surface area contributed by atoms with Crippen LogP contribution in [0.15, 0.2) is 42.5 Å². The lowest BCUT2D eigenvalue weighted by atomic mass is 9.82. The molecule has 0 aromatic heterocycles. The third-order valence-electron chi connectivity index (χ3n) is 4.46. The molecular weight excluding hydrogens is 316 g/mol. The lowest BCUT2D eigenvalue weighted by molar-refractivity contribution is 0.174. The molecule has 0 bridgehead atoms. The summed E-state index contributed by atoms with van der Waals surface area (Å²) in [6.07, 6.45) is 0. The second kappa shape index (κ2) is 7.05. The summed E-state index contributed by atoms with van der Waals surface area (Å²) in [6, 6.07) is 13.8. The molecule has 0 unspecified atom stereocenters. The largest absolute Gasteiger partial charge is 0.454 e. The van der Waals surface area contributed by atoms with Crippen LogP contribution in [0.4, 0.5) is 4.79 Å². The minimum Gasteiger partial charge on any atom is -0.454 e. The van der Waals surface area contributed by atoms with Gasteiger partial charge in [0.2, 0.25) is 6.79 Å². The Hall–Kier alpha value is -2.69. The number of fused-ring (bicyclic) bond motifs is 1. The van der Waals surface area contributed by atoms with Gasteiger partial charge in [0.05, 0.1) is 0 Å². The first-order chi connectivity index (χ1) is 12.0. The summed E-state index contributed by atoms with van der Waals surface area (Å²) in [6.45, 7) is 7.61. The fourth-order valence-corrected chi connectivity index (χ4v) is 3.02. The molecule has 0 atom stereocenters. The Morgan fingerprint density at radius 3 is 2.64 bits per heavy atom. The molecule has 2 aromatic carbocycles. The molecule has 2 N–H and O–H groups in total. The molecule has 5 heteroatoms. The van der Waals surface area contributed by atoms with E-state index in [0.717, 1.165) is 17.1 Å². The Kier molecular flexibility index (Phi) is 4.83. The third-order valence-corrected chi connectivity index (χ3v) is 4.46. The summed E-state index contributed by atoms with van der Waals surface area (Å²) < 4.78 is 10.6. The van der Waals surface area contributed by atoms with E-state index >= 15 is 0 Å². The number of urea groups is 1. The smallest absolute Gasteiger partial charge is 0.315 e. The summed E-state index contributed by atoms with van der Waals surface area (Å²) >= 11 is 0. The van der Waals surface area contributed by atoms with Gasteiger partial charge in [-0.2, -0.15) is 0 Å². The van der Waals surface area contributed by atoms with Crippen molar-refractivity contribution in [2.45, 2.75) is 32.7 Å². The van der Waals surface area contributed by atoms with Crippen LogP contribution in [0.1, 0.15) is 30.5 Å². The summed E-state index contributed by atoms with van der Waals surface area (Å²) in [7, 11) is 0. The highest BCUT2D eigenvalue weighted by molar-refractivity contribution is 5.74. The van der Waals surface area contributed by atoms with Gasteiger partial charge in [-0.3, -0.25) is 0 Å². The van der Waals surface area contributed by atoms with Crippen molar-refractivity contribution in [1.82, 2.24) is 10.6 Å². The fraction of sp³-hybridized carbons (Fsp3) is 0.350. The molecule has 132 valence electrons. The standard InChI is InChI=1S/C20H24N2O3/c1-14-6-4-5-7-16(14)20(2,3)12-22-19(23)21-11-15-8-9-17-18(10-15)25-13-24-17/h4-10H,11-13H2,1-3H3,(H2,21,22,23). The van der Waals surface area contributed by atoms with Crippen molar-refractivity contribution < 1.29 is 14.3 Å². The number of hydrogen-bond donors (Lipinski definition) is 2. The highest BCUT2D eigenvalue weighted by atomic mass is 16.7. The lowest BCUT2D eigenvalue weighted by Crippen LogP contribution is -2.42. The van der Waals surface area contributed by atoms with Gasteiger partial charge in [0.25, 0.3) is 0 Å². The first-order valence-electron chi connectivity index (χ1n) is 8.42. The van der Waals surface area contributed by atoms with Crippen molar-refractivity contribution in [3.63, 3.8) is 0 Å². The fourth-order valence-electron chi connectivity index (χ4n) is 3.02. The molecule has 1 aliphatic rings. The average molecular weight is 340 g/mol. The Balaban J connectivity index is 1.52. The van der Waals surface area contributed by atoms with Gasteiger partial charge in [0.1, 0.15) is 0 Å². The van der Waals surface area contributed by atoms with Crippen molar-refractivity contribution in [2.75, 3.05) is 13.3 Å².